The minimum absolute atomic E-state index is 0.0794. The number of carbonyl (C=O) groups is 1. The lowest BCUT2D eigenvalue weighted by Crippen LogP contribution is -2.09. The van der Waals surface area contributed by atoms with Gasteiger partial charge in [0.15, 0.2) is 5.69 Å². The second-order valence-electron chi connectivity index (χ2n) is 7.05. The van der Waals surface area contributed by atoms with Crippen molar-refractivity contribution in [1.29, 1.82) is 0 Å². The fraction of sp³-hybridized carbons (Fsp3) is 0.217. The summed E-state index contributed by atoms with van der Waals surface area (Å²) in [7, 11) is 3.11. The van der Waals surface area contributed by atoms with Gasteiger partial charge in [-0.3, -0.25) is 0 Å². The lowest BCUT2D eigenvalue weighted by Gasteiger charge is -2.07. The van der Waals surface area contributed by atoms with E-state index in [2.05, 4.69) is 15.3 Å². The van der Waals surface area contributed by atoms with Gasteiger partial charge in [-0.15, -0.1) is 5.10 Å². The van der Waals surface area contributed by atoms with Gasteiger partial charge in [-0.1, -0.05) is 28.9 Å². The van der Waals surface area contributed by atoms with Gasteiger partial charge < -0.3 is 18.6 Å². The maximum absolute atomic E-state index is 12.7. The van der Waals surface area contributed by atoms with Gasteiger partial charge in [0.05, 0.1) is 36.2 Å². The summed E-state index contributed by atoms with van der Waals surface area (Å²) in [4.78, 5) is 17.1. The van der Waals surface area contributed by atoms with Crippen molar-refractivity contribution < 1.29 is 23.4 Å². The second kappa shape index (κ2) is 9.33. The molecule has 33 heavy (non-hydrogen) atoms. The molecule has 170 valence electrons. The van der Waals surface area contributed by atoms with Crippen molar-refractivity contribution in [1.82, 2.24) is 20.0 Å². The molecule has 4 rings (SSSR count). The number of ether oxygens (including phenoxy) is 3. The van der Waals surface area contributed by atoms with Crippen LogP contribution in [0.15, 0.2) is 46.9 Å². The fourth-order valence-electron chi connectivity index (χ4n) is 3.25. The first kappa shape index (κ1) is 22.3. The summed E-state index contributed by atoms with van der Waals surface area (Å²) in [5, 5.41) is 8.45. The average molecular weight is 469 g/mol. The zero-order valence-electron chi connectivity index (χ0n) is 18.5. The van der Waals surface area contributed by atoms with E-state index < -0.39 is 5.97 Å². The average Bonchev–Trinajstić information content (AvgIpc) is 3.39. The Balaban J connectivity index is 1.50. The minimum atomic E-state index is -0.625. The number of aromatic nitrogens is 4. The van der Waals surface area contributed by atoms with Crippen LogP contribution in [-0.2, 0) is 11.3 Å². The molecule has 2 aromatic heterocycles. The Morgan fingerprint density at radius 1 is 1.09 bits per heavy atom. The number of halogens is 1. The van der Waals surface area contributed by atoms with Crippen molar-refractivity contribution in [2.24, 2.45) is 0 Å². The minimum Gasteiger partial charge on any atom is -0.496 e. The SMILES string of the molecule is COc1ccc(-n2nnc(C(=O)OCc3nc(-c4ccccc4OC)oc3C)c2C)cc1Cl. The molecule has 0 bridgehead atoms. The molecule has 0 fully saturated rings. The molecule has 0 atom stereocenters. The molecule has 0 N–H and O–H groups in total. The van der Waals surface area contributed by atoms with Crippen LogP contribution in [0, 0.1) is 13.8 Å². The van der Waals surface area contributed by atoms with Crippen molar-refractivity contribution in [3.05, 3.63) is 70.3 Å². The zero-order valence-corrected chi connectivity index (χ0v) is 19.2. The van der Waals surface area contributed by atoms with E-state index >= 15 is 0 Å². The van der Waals surface area contributed by atoms with E-state index in [-0.39, 0.29) is 12.3 Å². The molecule has 0 aliphatic heterocycles. The molecule has 2 aromatic carbocycles. The number of methoxy groups -OCH3 is 2. The monoisotopic (exact) mass is 468 g/mol. The Labute approximate surface area is 194 Å². The topological polar surface area (TPSA) is 102 Å². The van der Waals surface area contributed by atoms with Crippen molar-refractivity contribution in [3.8, 4) is 28.6 Å². The van der Waals surface area contributed by atoms with Gasteiger partial charge in [0.2, 0.25) is 5.89 Å². The number of oxazole rings is 1. The third-order valence-corrected chi connectivity index (χ3v) is 5.33. The molecule has 0 saturated heterocycles. The van der Waals surface area contributed by atoms with E-state index in [1.54, 1.807) is 39.2 Å². The highest BCUT2D eigenvalue weighted by atomic mass is 35.5. The number of hydrogen-bond acceptors (Lipinski definition) is 8. The Kier molecular flexibility index (Phi) is 6.32. The molecule has 0 amide bonds. The normalized spacial score (nSPS) is 10.8. The first-order valence-electron chi connectivity index (χ1n) is 9.96. The standard InChI is InChI=1S/C23H21ClN4O5/c1-13-21(26-27-28(13)15-9-10-20(31-4)17(24)11-15)23(29)32-12-18-14(2)33-22(25-18)16-7-5-6-8-19(16)30-3/h5-11H,12H2,1-4H3. The van der Waals surface area contributed by atoms with Crippen LogP contribution in [0.3, 0.4) is 0 Å². The van der Waals surface area contributed by atoms with Gasteiger partial charge in [-0.2, -0.15) is 0 Å². The van der Waals surface area contributed by atoms with Gasteiger partial charge in [0.1, 0.15) is 29.6 Å². The molecular formula is C23H21ClN4O5. The molecule has 4 aromatic rings. The molecule has 0 unspecified atom stereocenters. The third-order valence-electron chi connectivity index (χ3n) is 5.04. The summed E-state index contributed by atoms with van der Waals surface area (Å²) in [5.41, 5.74) is 2.44. The van der Waals surface area contributed by atoms with Gasteiger partial charge in [-0.25, -0.2) is 14.5 Å². The molecule has 0 spiro atoms. The summed E-state index contributed by atoms with van der Waals surface area (Å²) in [6.07, 6.45) is 0. The lowest BCUT2D eigenvalue weighted by atomic mass is 10.2. The molecule has 10 heteroatoms. The van der Waals surface area contributed by atoms with Gasteiger partial charge in [0.25, 0.3) is 0 Å². The van der Waals surface area contributed by atoms with Crippen molar-refractivity contribution >= 4 is 17.6 Å². The maximum Gasteiger partial charge on any atom is 0.361 e. The number of benzene rings is 2. The Morgan fingerprint density at radius 2 is 1.85 bits per heavy atom. The summed E-state index contributed by atoms with van der Waals surface area (Å²) in [6, 6.07) is 12.5. The van der Waals surface area contributed by atoms with Crippen LogP contribution >= 0.6 is 11.6 Å². The molecule has 0 aliphatic carbocycles. The molecule has 0 saturated carbocycles. The number of para-hydroxylation sites is 1. The Hall–Kier alpha value is -3.85. The van der Waals surface area contributed by atoms with E-state index in [9.17, 15) is 4.79 Å². The highest BCUT2D eigenvalue weighted by molar-refractivity contribution is 6.32. The van der Waals surface area contributed by atoms with E-state index in [0.717, 1.165) is 0 Å². The van der Waals surface area contributed by atoms with Crippen molar-refractivity contribution in [3.63, 3.8) is 0 Å². The summed E-state index contributed by atoms with van der Waals surface area (Å²) < 4.78 is 23.2. The van der Waals surface area contributed by atoms with Crippen LogP contribution in [0.5, 0.6) is 11.5 Å². The van der Waals surface area contributed by atoms with Gasteiger partial charge in [-0.05, 0) is 44.2 Å². The number of carbonyl (C=O) groups excluding carboxylic acids is 1. The van der Waals surface area contributed by atoms with E-state index in [1.165, 1.54) is 11.8 Å². The second-order valence-corrected chi connectivity index (χ2v) is 7.46. The molecule has 9 nitrogen and oxygen atoms in total. The molecule has 2 heterocycles. The van der Waals surface area contributed by atoms with Crippen molar-refractivity contribution in [2.75, 3.05) is 14.2 Å². The molecule has 0 aliphatic rings. The van der Waals surface area contributed by atoms with Crippen LogP contribution < -0.4 is 9.47 Å². The zero-order chi connectivity index (χ0) is 23.5. The number of esters is 1. The third kappa shape index (κ3) is 4.40. The quantitative estimate of drug-likeness (QED) is 0.363. The van der Waals surface area contributed by atoms with E-state index in [1.807, 2.05) is 24.3 Å². The van der Waals surface area contributed by atoms with Crippen LogP contribution in [-0.4, -0.2) is 40.2 Å². The fourth-order valence-corrected chi connectivity index (χ4v) is 3.50. The predicted molar refractivity (Wildman–Crippen MR) is 120 cm³/mol. The van der Waals surface area contributed by atoms with Crippen molar-refractivity contribution in [2.45, 2.75) is 20.5 Å². The van der Waals surface area contributed by atoms with Crippen LogP contribution in [0.25, 0.3) is 17.1 Å². The predicted octanol–water partition coefficient (Wildman–Crippen LogP) is 4.57. The van der Waals surface area contributed by atoms with Gasteiger partial charge >= 0.3 is 5.97 Å². The van der Waals surface area contributed by atoms with Gasteiger partial charge in [0, 0.05) is 0 Å². The highest BCUT2D eigenvalue weighted by Crippen LogP contribution is 2.30. The number of rotatable bonds is 7. The van der Waals surface area contributed by atoms with E-state index in [4.69, 9.17) is 30.2 Å². The number of nitrogens with zero attached hydrogens (tertiary/aromatic N) is 4. The first-order chi connectivity index (χ1) is 15.9. The number of aryl methyl sites for hydroxylation is 1. The maximum atomic E-state index is 12.7. The summed E-state index contributed by atoms with van der Waals surface area (Å²) >= 11 is 6.20. The first-order valence-corrected chi connectivity index (χ1v) is 10.3. The summed E-state index contributed by atoms with van der Waals surface area (Å²) in [5.74, 6) is 1.47. The summed E-state index contributed by atoms with van der Waals surface area (Å²) in [6.45, 7) is 3.39. The Morgan fingerprint density at radius 3 is 2.58 bits per heavy atom. The van der Waals surface area contributed by atoms with Crippen LogP contribution in [0.1, 0.15) is 27.6 Å². The highest BCUT2D eigenvalue weighted by Gasteiger charge is 2.21. The Bertz CT molecular complexity index is 1310. The lowest BCUT2D eigenvalue weighted by molar-refractivity contribution is 0.0459. The number of hydrogen-bond donors (Lipinski definition) is 0. The largest absolute Gasteiger partial charge is 0.496 e. The van der Waals surface area contributed by atoms with Crippen LogP contribution in [0.4, 0.5) is 0 Å². The molecular weight excluding hydrogens is 448 g/mol. The van der Waals surface area contributed by atoms with E-state index in [0.29, 0.717) is 50.8 Å². The smallest absolute Gasteiger partial charge is 0.361 e. The van der Waals surface area contributed by atoms with Crippen LogP contribution in [0.2, 0.25) is 5.02 Å². The molecule has 0 radical (unpaired) electrons.